The third kappa shape index (κ3) is 5.72. The van der Waals surface area contributed by atoms with Crippen molar-refractivity contribution in [3.63, 3.8) is 0 Å². The molecule has 148 valence electrons. The molecule has 1 saturated heterocycles. The first-order chi connectivity index (χ1) is 13.0. The quantitative estimate of drug-likeness (QED) is 0.698. The van der Waals surface area contributed by atoms with Crippen molar-refractivity contribution < 1.29 is 18.7 Å². The van der Waals surface area contributed by atoms with Crippen molar-refractivity contribution in [2.24, 2.45) is 11.7 Å². The van der Waals surface area contributed by atoms with Gasteiger partial charge in [-0.2, -0.15) is 0 Å². The Hall–Kier alpha value is -2.03. The Morgan fingerprint density at radius 2 is 2.00 bits per heavy atom. The average Bonchev–Trinajstić information content (AvgIpc) is 3.10. The van der Waals surface area contributed by atoms with Crippen LogP contribution in [0.2, 0.25) is 0 Å². The molecule has 1 saturated carbocycles. The molecule has 2 atom stereocenters. The molecule has 4 N–H and O–H groups in total. The maximum absolute atomic E-state index is 14.0. The predicted molar refractivity (Wildman–Crippen MR) is 101 cm³/mol. The van der Waals surface area contributed by atoms with E-state index in [0.717, 1.165) is 25.9 Å². The van der Waals surface area contributed by atoms with Crippen LogP contribution >= 0.6 is 0 Å². The summed E-state index contributed by atoms with van der Waals surface area (Å²) in [6.45, 7) is 3.55. The van der Waals surface area contributed by atoms with Gasteiger partial charge >= 0.3 is 0 Å². The molecule has 0 aromatic heterocycles. The van der Waals surface area contributed by atoms with Gasteiger partial charge < -0.3 is 21.1 Å². The number of nitrogens with two attached hydrogens (primary N) is 1. The third-order valence-electron chi connectivity index (χ3n) is 5.11. The van der Waals surface area contributed by atoms with E-state index in [4.69, 9.17) is 10.5 Å². The summed E-state index contributed by atoms with van der Waals surface area (Å²) in [4.78, 5) is 26.6. The van der Waals surface area contributed by atoms with Crippen molar-refractivity contribution in [1.82, 2.24) is 4.90 Å². The van der Waals surface area contributed by atoms with Gasteiger partial charge in [0.2, 0.25) is 11.8 Å². The lowest BCUT2D eigenvalue weighted by Crippen LogP contribution is -2.38. The minimum atomic E-state index is -0.532. The lowest BCUT2D eigenvalue weighted by molar-refractivity contribution is -0.119. The van der Waals surface area contributed by atoms with Gasteiger partial charge in [0.25, 0.3) is 0 Å². The molecule has 0 bridgehead atoms. The van der Waals surface area contributed by atoms with Gasteiger partial charge in [-0.25, -0.2) is 4.39 Å². The van der Waals surface area contributed by atoms with Crippen LogP contribution in [-0.4, -0.2) is 55.6 Å². The summed E-state index contributed by atoms with van der Waals surface area (Å²) < 4.78 is 19.3. The summed E-state index contributed by atoms with van der Waals surface area (Å²) in [5.41, 5.74) is 6.39. The van der Waals surface area contributed by atoms with Crippen LogP contribution < -0.4 is 16.4 Å². The zero-order chi connectivity index (χ0) is 19.2. The Morgan fingerprint density at radius 3 is 2.70 bits per heavy atom. The summed E-state index contributed by atoms with van der Waals surface area (Å²) in [6, 6.07) is 4.25. The van der Waals surface area contributed by atoms with E-state index >= 15 is 0 Å². The molecule has 2 amide bonds. The number of ether oxygens (including phenoxy) is 1. The number of carbonyl (C=O) groups is 2. The maximum Gasteiger partial charge on any atom is 0.227 e. The van der Waals surface area contributed by atoms with Gasteiger partial charge in [0.1, 0.15) is 5.82 Å². The monoisotopic (exact) mass is 378 g/mol. The summed E-state index contributed by atoms with van der Waals surface area (Å²) >= 11 is 0. The van der Waals surface area contributed by atoms with Crippen LogP contribution in [-0.2, 0) is 14.3 Å². The normalized spacial score (nSPS) is 23.2. The van der Waals surface area contributed by atoms with Gasteiger partial charge in [0.15, 0.2) is 0 Å². The number of nitrogens with zero attached hydrogens (tertiary/aromatic N) is 1. The smallest absolute Gasteiger partial charge is 0.227 e. The van der Waals surface area contributed by atoms with Gasteiger partial charge in [-0.15, -0.1) is 0 Å². The van der Waals surface area contributed by atoms with Crippen molar-refractivity contribution >= 4 is 23.2 Å². The Bertz CT molecular complexity index is 679. The van der Waals surface area contributed by atoms with E-state index in [1.54, 1.807) is 0 Å². The molecule has 1 aliphatic heterocycles. The molecule has 2 unspecified atom stereocenters. The molecule has 2 aliphatic rings. The van der Waals surface area contributed by atoms with Gasteiger partial charge in [0, 0.05) is 43.7 Å². The van der Waals surface area contributed by atoms with Crippen molar-refractivity contribution in [2.75, 3.05) is 43.5 Å². The van der Waals surface area contributed by atoms with E-state index in [-0.39, 0.29) is 35.9 Å². The number of amides is 2. The van der Waals surface area contributed by atoms with Crippen LogP contribution in [0.4, 0.5) is 15.8 Å². The van der Waals surface area contributed by atoms with Crippen molar-refractivity contribution in [3.8, 4) is 0 Å². The SMILES string of the molecule is NC1CCC(C(=O)Nc2ccc(F)c(NC(=O)CCN3CCOCC3)c2)C1. The Balaban J connectivity index is 1.53. The molecule has 2 fully saturated rings. The fourth-order valence-corrected chi connectivity index (χ4v) is 3.49. The molecule has 0 radical (unpaired) electrons. The molecular formula is C19H27FN4O3. The molecule has 1 aromatic rings. The number of benzene rings is 1. The van der Waals surface area contributed by atoms with E-state index < -0.39 is 5.82 Å². The molecule has 0 spiro atoms. The predicted octanol–water partition coefficient (Wildman–Crippen LogP) is 1.55. The Kier molecular flexibility index (Phi) is 6.76. The number of hydrogen-bond donors (Lipinski definition) is 3. The lowest BCUT2D eigenvalue weighted by atomic mass is 10.1. The van der Waals surface area contributed by atoms with E-state index in [9.17, 15) is 14.0 Å². The topological polar surface area (TPSA) is 96.7 Å². The number of rotatable bonds is 6. The van der Waals surface area contributed by atoms with Crippen LogP contribution in [0.25, 0.3) is 0 Å². The minimum Gasteiger partial charge on any atom is -0.379 e. The second kappa shape index (κ2) is 9.25. The van der Waals surface area contributed by atoms with E-state index in [2.05, 4.69) is 15.5 Å². The number of halogens is 1. The second-order valence-electron chi connectivity index (χ2n) is 7.21. The molecule has 3 rings (SSSR count). The Morgan fingerprint density at radius 1 is 1.22 bits per heavy atom. The van der Waals surface area contributed by atoms with Gasteiger partial charge in [-0.1, -0.05) is 0 Å². The number of carbonyl (C=O) groups excluding carboxylic acids is 2. The van der Waals surface area contributed by atoms with Crippen LogP contribution in [0.5, 0.6) is 0 Å². The fraction of sp³-hybridized carbons (Fsp3) is 0.579. The van der Waals surface area contributed by atoms with Crippen molar-refractivity contribution in [3.05, 3.63) is 24.0 Å². The van der Waals surface area contributed by atoms with Crippen LogP contribution in [0, 0.1) is 11.7 Å². The average molecular weight is 378 g/mol. The fourth-order valence-electron chi connectivity index (χ4n) is 3.49. The highest BCUT2D eigenvalue weighted by atomic mass is 19.1. The first-order valence-corrected chi connectivity index (χ1v) is 9.47. The highest BCUT2D eigenvalue weighted by molar-refractivity contribution is 5.95. The highest BCUT2D eigenvalue weighted by Crippen LogP contribution is 2.26. The van der Waals surface area contributed by atoms with E-state index in [1.165, 1.54) is 18.2 Å². The molecule has 1 heterocycles. The lowest BCUT2D eigenvalue weighted by Gasteiger charge is -2.26. The number of anilines is 2. The summed E-state index contributed by atoms with van der Waals surface area (Å²) in [6.07, 6.45) is 2.54. The first-order valence-electron chi connectivity index (χ1n) is 9.47. The van der Waals surface area contributed by atoms with Crippen LogP contribution in [0.1, 0.15) is 25.7 Å². The number of morpholine rings is 1. The zero-order valence-electron chi connectivity index (χ0n) is 15.4. The van der Waals surface area contributed by atoms with Gasteiger partial charge in [-0.3, -0.25) is 14.5 Å². The molecule has 7 nitrogen and oxygen atoms in total. The summed E-state index contributed by atoms with van der Waals surface area (Å²) in [5.74, 6) is -1.02. The van der Waals surface area contributed by atoms with E-state index in [0.29, 0.717) is 31.9 Å². The molecule has 1 aromatic carbocycles. The third-order valence-corrected chi connectivity index (χ3v) is 5.11. The van der Waals surface area contributed by atoms with Gasteiger partial charge in [0.05, 0.1) is 18.9 Å². The maximum atomic E-state index is 14.0. The Labute approximate surface area is 158 Å². The van der Waals surface area contributed by atoms with Crippen molar-refractivity contribution in [1.29, 1.82) is 0 Å². The van der Waals surface area contributed by atoms with Crippen LogP contribution in [0.3, 0.4) is 0 Å². The second-order valence-corrected chi connectivity index (χ2v) is 7.21. The number of nitrogens with one attached hydrogen (secondary N) is 2. The zero-order valence-corrected chi connectivity index (χ0v) is 15.4. The van der Waals surface area contributed by atoms with Crippen molar-refractivity contribution in [2.45, 2.75) is 31.7 Å². The minimum absolute atomic E-state index is 0.0651. The summed E-state index contributed by atoms with van der Waals surface area (Å²) in [7, 11) is 0. The molecule has 1 aliphatic carbocycles. The van der Waals surface area contributed by atoms with E-state index in [1.807, 2.05) is 0 Å². The molecular weight excluding hydrogens is 351 g/mol. The molecule has 8 heteroatoms. The number of hydrogen-bond acceptors (Lipinski definition) is 5. The summed E-state index contributed by atoms with van der Waals surface area (Å²) in [5, 5.41) is 5.39. The largest absolute Gasteiger partial charge is 0.379 e. The van der Waals surface area contributed by atoms with Crippen LogP contribution in [0.15, 0.2) is 18.2 Å². The standard InChI is InChI=1S/C19H27FN4O3/c20-16-4-3-15(22-19(26)13-1-2-14(21)11-13)12-17(16)23-18(25)5-6-24-7-9-27-10-8-24/h3-4,12-14H,1-2,5-11,21H2,(H,22,26)(H,23,25). The molecule has 27 heavy (non-hydrogen) atoms. The highest BCUT2D eigenvalue weighted by Gasteiger charge is 2.27. The first kappa shape index (κ1) is 19.7. The van der Waals surface area contributed by atoms with Gasteiger partial charge in [-0.05, 0) is 37.5 Å².